The van der Waals surface area contributed by atoms with Crippen LogP contribution in [0.4, 0.5) is 8.78 Å². The van der Waals surface area contributed by atoms with Crippen molar-refractivity contribution in [3.05, 3.63) is 35.4 Å². The van der Waals surface area contributed by atoms with Crippen LogP contribution >= 0.6 is 12.4 Å². The van der Waals surface area contributed by atoms with Crippen molar-refractivity contribution in [1.29, 1.82) is 0 Å². The molecule has 72 valence electrons. The van der Waals surface area contributed by atoms with Gasteiger partial charge in [0.1, 0.15) is 0 Å². The zero-order chi connectivity index (χ0) is 8.72. The van der Waals surface area contributed by atoms with Crippen molar-refractivity contribution in [3.63, 3.8) is 0 Å². The van der Waals surface area contributed by atoms with Gasteiger partial charge in [-0.05, 0) is 24.1 Å². The zero-order valence-corrected chi connectivity index (χ0v) is 7.65. The van der Waals surface area contributed by atoms with Crippen molar-refractivity contribution in [2.24, 2.45) is 5.73 Å². The van der Waals surface area contributed by atoms with E-state index in [2.05, 4.69) is 0 Å². The molecule has 2 N–H and O–H groups in total. The summed E-state index contributed by atoms with van der Waals surface area (Å²) in [5.74, 6) is -1.35. The van der Waals surface area contributed by atoms with Crippen molar-refractivity contribution in [2.75, 3.05) is 0 Å². The van der Waals surface area contributed by atoms with Crippen LogP contribution in [0, 0.1) is 11.6 Å². The van der Waals surface area contributed by atoms with E-state index in [4.69, 9.17) is 5.73 Å². The molecule has 4 heteroatoms. The summed E-state index contributed by atoms with van der Waals surface area (Å²) in [7, 11) is 0. The SMILES string of the molecule is Cl.NC1C[C@H]1c1ccc(F)c(F)c1. The highest BCUT2D eigenvalue weighted by Crippen LogP contribution is 2.39. The molecular formula is C9H10ClF2N. The Labute approximate surface area is 81.3 Å². The Balaban J connectivity index is 0.000000845. The van der Waals surface area contributed by atoms with Crippen LogP contribution in [-0.4, -0.2) is 6.04 Å². The number of benzene rings is 1. The fourth-order valence-corrected chi connectivity index (χ4v) is 1.34. The van der Waals surface area contributed by atoms with Crippen molar-refractivity contribution in [2.45, 2.75) is 18.4 Å². The third-order valence-electron chi connectivity index (χ3n) is 2.21. The van der Waals surface area contributed by atoms with Crippen LogP contribution in [0.25, 0.3) is 0 Å². The molecule has 0 aliphatic heterocycles. The second-order valence-corrected chi connectivity index (χ2v) is 3.18. The normalized spacial score (nSPS) is 25.2. The topological polar surface area (TPSA) is 26.0 Å². The zero-order valence-electron chi connectivity index (χ0n) is 6.84. The maximum Gasteiger partial charge on any atom is 0.159 e. The van der Waals surface area contributed by atoms with Crippen LogP contribution in [0.5, 0.6) is 0 Å². The first kappa shape index (κ1) is 10.4. The summed E-state index contributed by atoms with van der Waals surface area (Å²) in [6.07, 6.45) is 0.880. The smallest absolute Gasteiger partial charge is 0.159 e. The standard InChI is InChI=1S/C9H9F2N.ClH/c10-7-2-1-5(3-8(7)11)6-4-9(6)12;/h1-3,6,9H,4,12H2;1H/t6-,9?;/m0./s1. The van der Waals surface area contributed by atoms with Crippen molar-refractivity contribution in [1.82, 2.24) is 0 Å². The largest absolute Gasteiger partial charge is 0.327 e. The molecule has 0 bridgehead atoms. The lowest BCUT2D eigenvalue weighted by Crippen LogP contribution is -2.01. The highest BCUT2D eigenvalue weighted by molar-refractivity contribution is 5.85. The Morgan fingerprint density at radius 1 is 1.23 bits per heavy atom. The van der Waals surface area contributed by atoms with E-state index in [9.17, 15) is 8.78 Å². The lowest BCUT2D eigenvalue weighted by Gasteiger charge is -1.98. The van der Waals surface area contributed by atoms with Gasteiger partial charge in [0.15, 0.2) is 11.6 Å². The van der Waals surface area contributed by atoms with E-state index in [-0.39, 0.29) is 24.4 Å². The first-order valence-electron chi connectivity index (χ1n) is 3.89. The predicted molar refractivity (Wildman–Crippen MR) is 48.9 cm³/mol. The molecule has 2 rings (SSSR count). The Morgan fingerprint density at radius 3 is 2.31 bits per heavy atom. The maximum atomic E-state index is 12.7. The van der Waals surface area contributed by atoms with E-state index < -0.39 is 11.6 Å². The van der Waals surface area contributed by atoms with Gasteiger partial charge in [0, 0.05) is 12.0 Å². The summed E-state index contributed by atoms with van der Waals surface area (Å²) in [4.78, 5) is 0. The van der Waals surface area contributed by atoms with Crippen LogP contribution in [0.15, 0.2) is 18.2 Å². The maximum absolute atomic E-state index is 12.7. The number of nitrogens with two attached hydrogens (primary N) is 1. The Hall–Kier alpha value is -0.670. The third-order valence-corrected chi connectivity index (χ3v) is 2.21. The molecule has 1 unspecified atom stereocenters. The van der Waals surface area contributed by atoms with E-state index in [1.165, 1.54) is 6.07 Å². The Bertz CT molecular complexity index is 316. The highest BCUT2D eigenvalue weighted by Gasteiger charge is 2.35. The number of rotatable bonds is 1. The average molecular weight is 206 g/mol. The molecule has 13 heavy (non-hydrogen) atoms. The highest BCUT2D eigenvalue weighted by atomic mass is 35.5. The van der Waals surface area contributed by atoms with Crippen LogP contribution in [0.2, 0.25) is 0 Å². The first-order chi connectivity index (χ1) is 5.68. The summed E-state index contributed by atoms with van der Waals surface area (Å²) in [6.45, 7) is 0. The van der Waals surface area contributed by atoms with Crippen LogP contribution in [0.3, 0.4) is 0 Å². The minimum atomic E-state index is -0.798. The van der Waals surface area contributed by atoms with Gasteiger partial charge in [-0.25, -0.2) is 8.78 Å². The Morgan fingerprint density at radius 2 is 1.85 bits per heavy atom. The fourth-order valence-electron chi connectivity index (χ4n) is 1.34. The number of hydrogen-bond donors (Lipinski definition) is 1. The molecule has 0 spiro atoms. The van der Waals surface area contributed by atoms with Gasteiger partial charge in [-0.15, -0.1) is 12.4 Å². The minimum absolute atomic E-state index is 0. The molecular weight excluding hydrogens is 196 g/mol. The van der Waals surface area contributed by atoms with Gasteiger partial charge in [-0.2, -0.15) is 0 Å². The second kappa shape index (κ2) is 3.60. The lowest BCUT2D eigenvalue weighted by molar-refractivity contribution is 0.507. The molecule has 1 nitrogen and oxygen atoms in total. The van der Waals surface area contributed by atoms with Crippen LogP contribution < -0.4 is 5.73 Å². The molecule has 1 saturated carbocycles. The summed E-state index contributed by atoms with van der Waals surface area (Å²) in [5, 5.41) is 0. The van der Waals surface area contributed by atoms with Crippen LogP contribution in [-0.2, 0) is 0 Å². The average Bonchev–Trinajstić information content (AvgIpc) is 2.73. The van der Waals surface area contributed by atoms with E-state index in [0.29, 0.717) is 0 Å². The van der Waals surface area contributed by atoms with Gasteiger partial charge < -0.3 is 5.73 Å². The molecule has 1 aromatic carbocycles. The third kappa shape index (κ3) is 1.98. The molecule has 0 aromatic heterocycles. The van der Waals surface area contributed by atoms with Gasteiger partial charge in [0.05, 0.1) is 0 Å². The summed E-state index contributed by atoms with van der Waals surface area (Å²) in [5.41, 5.74) is 6.38. The molecule has 0 heterocycles. The minimum Gasteiger partial charge on any atom is -0.327 e. The second-order valence-electron chi connectivity index (χ2n) is 3.18. The number of hydrogen-bond acceptors (Lipinski definition) is 1. The monoisotopic (exact) mass is 205 g/mol. The van der Waals surface area contributed by atoms with Gasteiger partial charge in [-0.3, -0.25) is 0 Å². The van der Waals surface area contributed by atoms with Crippen LogP contribution in [0.1, 0.15) is 17.9 Å². The van der Waals surface area contributed by atoms with E-state index >= 15 is 0 Å². The first-order valence-corrected chi connectivity index (χ1v) is 3.89. The van der Waals surface area contributed by atoms with E-state index in [0.717, 1.165) is 18.1 Å². The molecule has 0 amide bonds. The van der Waals surface area contributed by atoms with Gasteiger partial charge >= 0.3 is 0 Å². The lowest BCUT2D eigenvalue weighted by atomic mass is 10.1. The predicted octanol–water partition coefficient (Wildman–Crippen LogP) is 2.20. The summed E-state index contributed by atoms with van der Waals surface area (Å²) < 4.78 is 25.2. The summed E-state index contributed by atoms with van der Waals surface area (Å²) >= 11 is 0. The van der Waals surface area contributed by atoms with Gasteiger partial charge in [-0.1, -0.05) is 6.07 Å². The number of halogens is 3. The van der Waals surface area contributed by atoms with Gasteiger partial charge in [0.25, 0.3) is 0 Å². The fraction of sp³-hybridized carbons (Fsp3) is 0.333. The molecule has 0 radical (unpaired) electrons. The van der Waals surface area contributed by atoms with Crippen molar-refractivity contribution in [3.8, 4) is 0 Å². The Kier molecular flexibility index (Phi) is 2.88. The van der Waals surface area contributed by atoms with Gasteiger partial charge in [0.2, 0.25) is 0 Å². The summed E-state index contributed by atoms with van der Waals surface area (Å²) in [6, 6.07) is 4.10. The van der Waals surface area contributed by atoms with E-state index in [1.54, 1.807) is 6.07 Å². The van der Waals surface area contributed by atoms with Crippen molar-refractivity contribution >= 4 is 12.4 Å². The molecule has 1 fully saturated rings. The molecule has 0 saturated heterocycles. The molecule has 2 atom stereocenters. The molecule has 1 aliphatic rings. The van der Waals surface area contributed by atoms with Crippen molar-refractivity contribution < 1.29 is 8.78 Å². The molecule has 1 aliphatic carbocycles. The van der Waals surface area contributed by atoms with E-state index in [1.807, 2.05) is 0 Å². The molecule has 1 aromatic rings. The quantitative estimate of drug-likeness (QED) is 0.748.